The molecule has 2 heteroatoms. The highest BCUT2D eigenvalue weighted by Crippen LogP contribution is 2.01. The Labute approximate surface area is 70.1 Å². The summed E-state index contributed by atoms with van der Waals surface area (Å²) >= 11 is 0. The lowest BCUT2D eigenvalue weighted by atomic mass is 10.1. The van der Waals surface area contributed by atoms with Crippen LogP contribution >= 0.6 is 0 Å². The molecule has 0 aromatic heterocycles. The van der Waals surface area contributed by atoms with Gasteiger partial charge in [-0.15, -0.1) is 0 Å². The molecule has 0 fully saturated rings. The minimum atomic E-state index is -0.107. The smallest absolute Gasteiger partial charge is 0.0226 e. The van der Waals surface area contributed by atoms with E-state index in [4.69, 9.17) is 5.73 Å². The Hall–Kier alpha value is -0.340. The van der Waals surface area contributed by atoms with Gasteiger partial charge in [-0.3, -0.25) is 0 Å². The minimum absolute atomic E-state index is 0.107. The van der Waals surface area contributed by atoms with E-state index >= 15 is 0 Å². The molecule has 0 saturated heterocycles. The lowest BCUT2D eigenvalue weighted by molar-refractivity contribution is 0.288. The maximum absolute atomic E-state index is 5.84. The van der Waals surface area contributed by atoms with Crippen LogP contribution in [0.15, 0.2) is 12.2 Å². The molecule has 0 aliphatic heterocycles. The molecule has 0 unspecified atom stereocenters. The Kier molecular flexibility index (Phi) is 3.76. The first-order chi connectivity index (χ1) is 4.81. The van der Waals surface area contributed by atoms with E-state index in [1.807, 2.05) is 20.8 Å². The highest BCUT2D eigenvalue weighted by Gasteiger charge is 2.13. The molecule has 2 N–H and O–H groups in total. The van der Waals surface area contributed by atoms with Gasteiger partial charge in [0.1, 0.15) is 0 Å². The van der Waals surface area contributed by atoms with Crippen LogP contribution in [0.4, 0.5) is 0 Å². The summed E-state index contributed by atoms with van der Waals surface area (Å²) in [5.41, 5.74) is 6.91. The maximum atomic E-state index is 5.84. The molecule has 0 rings (SSSR count). The zero-order valence-corrected chi connectivity index (χ0v) is 8.15. The van der Waals surface area contributed by atoms with Crippen LogP contribution in [-0.2, 0) is 0 Å². The average Bonchev–Trinajstić information content (AvgIpc) is 1.53. The third kappa shape index (κ3) is 7.56. The van der Waals surface area contributed by atoms with E-state index in [2.05, 4.69) is 18.5 Å². The van der Waals surface area contributed by atoms with E-state index in [1.54, 1.807) is 0 Å². The van der Waals surface area contributed by atoms with Crippen molar-refractivity contribution in [3.05, 3.63) is 12.2 Å². The van der Waals surface area contributed by atoms with Gasteiger partial charge in [-0.1, -0.05) is 12.2 Å². The molecule has 0 bridgehead atoms. The molecule has 0 aromatic rings. The van der Waals surface area contributed by atoms with Gasteiger partial charge in [-0.2, -0.15) is 0 Å². The summed E-state index contributed by atoms with van der Waals surface area (Å²) in [6.45, 7) is 11.8. The number of nitrogens with two attached hydrogens (primary N) is 1. The molecule has 0 amide bonds. The third-order valence-corrected chi connectivity index (χ3v) is 1.22. The predicted molar refractivity (Wildman–Crippen MR) is 50.6 cm³/mol. The van der Waals surface area contributed by atoms with Crippen LogP contribution in [0.25, 0.3) is 0 Å². The van der Waals surface area contributed by atoms with Crippen molar-refractivity contribution in [1.29, 1.82) is 0 Å². The SMILES string of the molecule is C=C(C)CN(C)CC(C)(C)N. The van der Waals surface area contributed by atoms with Gasteiger partial charge >= 0.3 is 0 Å². The fourth-order valence-electron chi connectivity index (χ4n) is 1.21. The summed E-state index contributed by atoms with van der Waals surface area (Å²) in [4.78, 5) is 2.18. The lowest BCUT2D eigenvalue weighted by Gasteiger charge is -2.26. The third-order valence-electron chi connectivity index (χ3n) is 1.22. The standard InChI is InChI=1S/C9H20N2/c1-8(2)6-11(5)7-9(3,4)10/h1,6-7,10H2,2-5H3. The van der Waals surface area contributed by atoms with Gasteiger partial charge in [0, 0.05) is 18.6 Å². The van der Waals surface area contributed by atoms with Gasteiger partial charge in [-0.25, -0.2) is 0 Å². The van der Waals surface area contributed by atoms with Crippen LogP contribution in [0.3, 0.4) is 0 Å². The summed E-state index contributed by atoms with van der Waals surface area (Å²) in [7, 11) is 2.06. The van der Waals surface area contributed by atoms with Gasteiger partial charge in [0.05, 0.1) is 0 Å². The highest BCUT2D eigenvalue weighted by molar-refractivity contribution is 4.92. The molecule has 0 spiro atoms. The first-order valence-electron chi connectivity index (χ1n) is 3.93. The summed E-state index contributed by atoms with van der Waals surface area (Å²) in [6.07, 6.45) is 0. The normalized spacial score (nSPS) is 12.2. The molecule has 2 nitrogen and oxygen atoms in total. The Bertz CT molecular complexity index is 133. The van der Waals surface area contributed by atoms with Crippen molar-refractivity contribution in [1.82, 2.24) is 4.90 Å². The second-order valence-electron chi connectivity index (χ2n) is 4.12. The van der Waals surface area contributed by atoms with Crippen molar-refractivity contribution in [2.45, 2.75) is 26.3 Å². The van der Waals surface area contributed by atoms with Gasteiger partial charge in [-0.05, 0) is 27.8 Å². The molecule has 0 atom stereocenters. The van der Waals surface area contributed by atoms with E-state index in [1.165, 1.54) is 5.57 Å². The van der Waals surface area contributed by atoms with Crippen LogP contribution in [0.1, 0.15) is 20.8 Å². The summed E-state index contributed by atoms with van der Waals surface area (Å²) in [5.74, 6) is 0. The van der Waals surface area contributed by atoms with Crippen molar-refractivity contribution in [3.63, 3.8) is 0 Å². The monoisotopic (exact) mass is 156 g/mol. The zero-order valence-electron chi connectivity index (χ0n) is 8.15. The van der Waals surface area contributed by atoms with Crippen molar-refractivity contribution in [3.8, 4) is 0 Å². The fraction of sp³-hybridized carbons (Fsp3) is 0.778. The molecule has 0 aliphatic rings. The number of likely N-dealkylation sites (N-methyl/N-ethyl adjacent to an activating group) is 1. The first-order valence-corrected chi connectivity index (χ1v) is 3.93. The zero-order chi connectivity index (χ0) is 9.07. The van der Waals surface area contributed by atoms with Crippen LogP contribution in [-0.4, -0.2) is 30.6 Å². The summed E-state index contributed by atoms with van der Waals surface area (Å²) < 4.78 is 0. The highest BCUT2D eigenvalue weighted by atomic mass is 15.1. The molecule has 0 aromatic carbocycles. The van der Waals surface area contributed by atoms with Crippen molar-refractivity contribution >= 4 is 0 Å². The predicted octanol–water partition coefficient (Wildman–Crippen LogP) is 1.23. The largest absolute Gasteiger partial charge is 0.324 e. The molecular weight excluding hydrogens is 136 g/mol. The molecule has 0 heterocycles. The van der Waals surface area contributed by atoms with Crippen LogP contribution in [0, 0.1) is 0 Å². The Morgan fingerprint density at radius 2 is 2.00 bits per heavy atom. The van der Waals surface area contributed by atoms with E-state index < -0.39 is 0 Å². The number of rotatable bonds is 4. The van der Waals surface area contributed by atoms with Crippen LogP contribution in [0.5, 0.6) is 0 Å². The van der Waals surface area contributed by atoms with E-state index in [-0.39, 0.29) is 5.54 Å². The van der Waals surface area contributed by atoms with Gasteiger partial charge < -0.3 is 10.6 Å². The molecule has 0 saturated carbocycles. The van der Waals surface area contributed by atoms with Crippen LogP contribution in [0.2, 0.25) is 0 Å². The van der Waals surface area contributed by atoms with Gasteiger partial charge in [0.25, 0.3) is 0 Å². The fourth-order valence-corrected chi connectivity index (χ4v) is 1.21. The topological polar surface area (TPSA) is 29.3 Å². The van der Waals surface area contributed by atoms with Crippen molar-refractivity contribution in [2.75, 3.05) is 20.1 Å². The van der Waals surface area contributed by atoms with Crippen molar-refractivity contribution in [2.24, 2.45) is 5.73 Å². The molecule has 0 radical (unpaired) electrons. The maximum Gasteiger partial charge on any atom is 0.0226 e. The number of hydrogen-bond donors (Lipinski definition) is 1. The molecule has 66 valence electrons. The minimum Gasteiger partial charge on any atom is -0.324 e. The van der Waals surface area contributed by atoms with E-state index in [9.17, 15) is 0 Å². The van der Waals surface area contributed by atoms with Crippen molar-refractivity contribution < 1.29 is 0 Å². The van der Waals surface area contributed by atoms with Crippen LogP contribution < -0.4 is 5.73 Å². The molecule has 0 aliphatic carbocycles. The second-order valence-corrected chi connectivity index (χ2v) is 4.12. The number of hydrogen-bond acceptors (Lipinski definition) is 2. The van der Waals surface area contributed by atoms with Gasteiger partial charge in [0.2, 0.25) is 0 Å². The summed E-state index contributed by atoms with van der Waals surface area (Å²) in [5, 5.41) is 0. The Morgan fingerprint density at radius 3 is 2.27 bits per heavy atom. The Morgan fingerprint density at radius 1 is 1.55 bits per heavy atom. The quantitative estimate of drug-likeness (QED) is 0.620. The van der Waals surface area contributed by atoms with E-state index in [0.717, 1.165) is 13.1 Å². The first kappa shape index (κ1) is 10.7. The Balaban J connectivity index is 3.69. The number of nitrogens with zero attached hydrogens (tertiary/aromatic N) is 1. The molecule has 11 heavy (non-hydrogen) atoms. The van der Waals surface area contributed by atoms with E-state index in [0.29, 0.717) is 0 Å². The molecular formula is C9H20N2. The average molecular weight is 156 g/mol. The second kappa shape index (κ2) is 3.88. The summed E-state index contributed by atoms with van der Waals surface area (Å²) in [6, 6.07) is 0. The lowest BCUT2D eigenvalue weighted by Crippen LogP contribution is -2.44. The van der Waals surface area contributed by atoms with Gasteiger partial charge in [0.15, 0.2) is 0 Å².